The Labute approximate surface area is 79.9 Å². The minimum Gasteiger partial charge on any atom is -0.480 e. The number of amides is 1. The molecule has 0 aliphatic carbocycles. The van der Waals surface area contributed by atoms with Gasteiger partial charge in [-0.2, -0.15) is 0 Å². The van der Waals surface area contributed by atoms with Crippen LogP contribution >= 0.6 is 0 Å². The molecule has 0 aliphatic rings. The lowest BCUT2D eigenvalue weighted by Crippen LogP contribution is -2.40. The Morgan fingerprint density at radius 3 is 2.86 bits per heavy atom. The first-order chi connectivity index (χ1) is 6.65. The summed E-state index contributed by atoms with van der Waals surface area (Å²) in [5.41, 5.74) is 0.213. The molecule has 6 nitrogen and oxygen atoms in total. The van der Waals surface area contributed by atoms with Crippen LogP contribution in [0.15, 0.2) is 17.0 Å². The molecule has 0 bridgehead atoms. The van der Waals surface area contributed by atoms with Crippen LogP contribution in [0.2, 0.25) is 0 Å². The Bertz CT molecular complexity index is 320. The highest BCUT2D eigenvalue weighted by Crippen LogP contribution is 1.98. The monoisotopic (exact) mass is 198 g/mol. The third-order valence-corrected chi connectivity index (χ3v) is 1.71. The number of aromatic nitrogens is 1. The number of carbonyl (C=O) groups is 2. The lowest BCUT2D eigenvalue weighted by atomic mass is 10.2. The van der Waals surface area contributed by atoms with Crippen LogP contribution in [0.25, 0.3) is 0 Å². The Morgan fingerprint density at radius 2 is 2.43 bits per heavy atom. The van der Waals surface area contributed by atoms with E-state index in [1.54, 1.807) is 6.92 Å². The maximum Gasteiger partial charge on any atom is 0.326 e. The second kappa shape index (κ2) is 4.40. The molecule has 0 saturated carbocycles. The second-order valence-corrected chi connectivity index (χ2v) is 2.69. The normalized spacial score (nSPS) is 12.1. The Morgan fingerprint density at radius 1 is 1.71 bits per heavy atom. The van der Waals surface area contributed by atoms with Crippen LogP contribution in [0.5, 0.6) is 0 Å². The number of rotatable bonds is 4. The maximum absolute atomic E-state index is 11.3. The number of carboxylic acid groups (broad SMARTS) is 1. The van der Waals surface area contributed by atoms with E-state index in [0.717, 1.165) is 6.26 Å². The topological polar surface area (TPSA) is 92.4 Å². The molecule has 0 saturated heterocycles. The van der Waals surface area contributed by atoms with Gasteiger partial charge in [-0.05, 0) is 6.42 Å². The van der Waals surface area contributed by atoms with Gasteiger partial charge in [0.25, 0.3) is 5.91 Å². The van der Waals surface area contributed by atoms with Crippen molar-refractivity contribution in [2.75, 3.05) is 0 Å². The first-order valence-corrected chi connectivity index (χ1v) is 4.08. The minimum absolute atomic E-state index is 0.213. The van der Waals surface area contributed by atoms with Crippen molar-refractivity contribution in [1.82, 2.24) is 10.5 Å². The molecule has 0 aromatic carbocycles. The van der Waals surface area contributed by atoms with Crippen molar-refractivity contribution in [1.29, 1.82) is 0 Å². The van der Waals surface area contributed by atoms with Crippen molar-refractivity contribution in [3.8, 4) is 0 Å². The fourth-order valence-corrected chi connectivity index (χ4v) is 0.897. The van der Waals surface area contributed by atoms with E-state index in [1.165, 1.54) is 6.20 Å². The zero-order valence-corrected chi connectivity index (χ0v) is 7.56. The SMILES string of the molecule is CCC(NC(=O)c1cnoc1)C(=O)O. The number of nitrogens with one attached hydrogen (secondary N) is 1. The van der Waals surface area contributed by atoms with Crippen LogP contribution in [-0.2, 0) is 4.79 Å². The van der Waals surface area contributed by atoms with Crippen LogP contribution in [0.1, 0.15) is 23.7 Å². The average molecular weight is 198 g/mol. The molecule has 1 rings (SSSR count). The van der Waals surface area contributed by atoms with Crippen LogP contribution in [-0.4, -0.2) is 28.2 Å². The molecular formula is C8H10N2O4. The van der Waals surface area contributed by atoms with Crippen molar-refractivity contribution in [2.24, 2.45) is 0 Å². The first kappa shape index (κ1) is 10.2. The van der Waals surface area contributed by atoms with E-state index in [1.807, 2.05) is 0 Å². The second-order valence-electron chi connectivity index (χ2n) is 2.69. The molecule has 1 atom stereocenters. The molecule has 0 spiro atoms. The highest BCUT2D eigenvalue weighted by atomic mass is 16.5. The predicted octanol–water partition coefficient (Wildman–Crippen LogP) is 0.268. The first-order valence-electron chi connectivity index (χ1n) is 4.08. The molecule has 1 heterocycles. The molecule has 6 heteroatoms. The van der Waals surface area contributed by atoms with E-state index in [0.29, 0.717) is 6.42 Å². The molecule has 14 heavy (non-hydrogen) atoms. The molecule has 1 aromatic rings. The van der Waals surface area contributed by atoms with Crippen molar-refractivity contribution in [3.63, 3.8) is 0 Å². The van der Waals surface area contributed by atoms with Gasteiger partial charge in [0, 0.05) is 0 Å². The van der Waals surface area contributed by atoms with E-state index in [9.17, 15) is 9.59 Å². The molecule has 0 aliphatic heterocycles. The Hall–Kier alpha value is -1.85. The van der Waals surface area contributed by atoms with Crippen molar-refractivity contribution < 1.29 is 19.2 Å². The summed E-state index contributed by atoms with van der Waals surface area (Å²) in [7, 11) is 0. The number of nitrogens with zero attached hydrogens (tertiary/aromatic N) is 1. The summed E-state index contributed by atoms with van der Waals surface area (Å²) in [6, 6.07) is -0.877. The summed E-state index contributed by atoms with van der Waals surface area (Å²) in [5, 5.41) is 14.3. The summed E-state index contributed by atoms with van der Waals surface area (Å²) in [5.74, 6) is -1.56. The van der Waals surface area contributed by atoms with Crippen molar-refractivity contribution in [2.45, 2.75) is 19.4 Å². The van der Waals surface area contributed by atoms with Gasteiger partial charge in [-0.3, -0.25) is 4.79 Å². The largest absolute Gasteiger partial charge is 0.480 e. The van der Waals surface area contributed by atoms with Gasteiger partial charge in [0.1, 0.15) is 12.3 Å². The number of carbonyl (C=O) groups excluding carboxylic acids is 1. The summed E-state index contributed by atoms with van der Waals surface area (Å²) < 4.78 is 4.45. The van der Waals surface area contributed by atoms with Crippen LogP contribution in [0.4, 0.5) is 0 Å². The smallest absolute Gasteiger partial charge is 0.326 e. The van der Waals surface area contributed by atoms with Crippen LogP contribution in [0.3, 0.4) is 0 Å². The minimum atomic E-state index is -1.06. The van der Waals surface area contributed by atoms with Crippen LogP contribution in [0, 0.1) is 0 Å². The van der Waals surface area contributed by atoms with Crippen molar-refractivity contribution in [3.05, 3.63) is 18.0 Å². The van der Waals surface area contributed by atoms with E-state index >= 15 is 0 Å². The zero-order valence-electron chi connectivity index (χ0n) is 7.56. The highest BCUT2D eigenvalue weighted by Gasteiger charge is 2.18. The fourth-order valence-electron chi connectivity index (χ4n) is 0.897. The van der Waals surface area contributed by atoms with E-state index in [2.05, 4.69) is 15.0 Å². The highest BCUT2D eigenvalue weighted by molar-refractivity contribution is 5.95. The van der Waals surface area contributed by atoms with E-state index in [4.69, 9.17) is 5.11 Å². The molecule has 0 radical (unpaired) electrons. The predicted molar refractivity (Wildman–Crippen MR) is 45.7 cm³/mol. The van der Waals surface area contributed by atoms with Gasteiger partial charge in [-0.1, -0.05) is 12.1 Å². The molecule has 2 N–H and O–H groups in total. The van der Waals surface area contributed by atoms with Gasteiger partial charge in [0.15, 0.2) is 0 Å². The third-order valence-electron chi connectivity index (χ3n) is 1.71. The lowest BCUT2D eigenvalue weighted by Gasteiger charge is -2.10. The van der Waals surface area contributed by atoms with E-state index in [-0.39, 0.29) is 5.56 Å². The molecule has 76 valence electrons. The summed E-state index contributed by atoms with van der Waals surface area (Å²) in [4.78, 5) is 21.9. The third kappa shape index (κ3) is 2.32. The summed E-state index contributed by atoms with van der Waals surface area (Å²) >= 11 is 0. The van der Waals surface area contributed by atoms with Crippen LogP contribution < -0.4 is 5.32 Å². The number of hydrogen-bond donors (Lipinski definition) is 2. The van der Waals surface area contributed by atoms with Gasteiger partial charge in [0.2, 0.25) is 0 Å². The van der Waals surface area contributed by atoms with Gasteiger partial charge >= 0.3 is 5.97 Å². The molecule has 0 fully saturated rings. The van der Waals surface area contributed by atoms with Gasteiger partial charge in [-0.25, -0.2) is 4.79 Å². The lowest BCUT2D eigenvalue weighted by molar-refractivity contribution is -0.139. The molecule has 1 unspecified atom stereocenters. The maximum atomic E-state index is 11.3. The zero-order chi connectivity index (χ0) is 10.6. The number of hydrogen-bond acceptors (Lipinski definition) is 4. The molecule has 1 aromatic heterocycles. The van der Waals surface area contributed by atoms with Gasteiger partial charge < -0.3 is 14.9 Å². The van der Waals surface area contributed by atoms with E-state index < -0.39 is 17.9 Å². The standard InChI is InChI=1S/C8H10N2O4/c1-2-6(8(12)13)10-7(11)5-3-9-14-4-5/h3-4,6H,2H2,1H3,(H,10,11)(H,12,13). The van der Waals surface area contributed by atoms with Crippen molar-refractivity contribution >= 4 is 11.9 Å². The average Bonchev–Trinajstić information content (AvgIpc) is 2.65. The fraction of sp³-hybridized carbons (Fsp3) is 0.375. The molecule has 1 amide bonds. The summed E-state index contributed by atoms with van der Waals surface area (Å²) in [6.07, 6.45) is 2.71. The summed E-state index contributed by atoms with van der Waals surface area (Å²) in [6.45, 7) is 1.67. The Balaban J connectivity index is 2.60. The quantitative estimate of drug-likeness (QED) is 0.724. The number of carboxylic acids is 1. The Kier molecular flexibility index (Phi) is 3.22. The number of aliphatic carboxylic acids is 1. The van der Waals surface area contributed by atoms with Gasteiger partial charge in [0.05, 0.1) is 11.8 Å². The van der Waals surface area contributed by atoms with Gasteiger partial charge in [-0.15, -0.1) is 0 Å². The molecular weight excluding hydrogens is 188 g/mol.